The second-order valence-electron chi connectivity index (χ2n) is 4.87. The maximum Gasteiger partial charge on any atom is 0.195 e. The fourth-order valence-corrected chi connectivity index (χ4v) is 2.27. The van der Waals surface area contributed by atoms with Gasteiger partial charge in [-0.25, -0.2) is 4.39 Å². The number of hydrogen-bond donors (Lipinski definition) is 2. The first-order valence-corrected chi connectivity index (χ1v) is 7.58. The third kappa shape index (κ3) is 5.93. The molecule has 0 saturated carbocycles. The van der Waals surface area contributed by atoms with Crippen LogP contribution in [-0.2, 0) is 6.54 Å². The van der Waals surface area contributed by atoms with E-state index in [2.05, 4.69) is 15.6 Å². The number of anilines is 1. The van der Waals surface area contributed by atoms with Crippen molar-refractivity contribution >= 4 is 47.2 Å². The number of rotatable bonds is 5. The lowest BCUT2D eigenvalue weighted by Gasteiger charge is -2.14. The van der Waals surface area contributed by atoms with Crippen LogP contribution in [0.4, 0.5) is 10.1 Å². The highest BCUT2D eigenvalue weighted by molar-refractivity contribution is 14.0. The Morgan fingerprint density at radius 3 is 2.44 bits per heavy atom. The lowest BCUT2D eigenvalue weighted by atomic mass is 10.2. The van der Waals surface area contributed by atoms with Crippen molar-refractivity contribution < 1.29 is 13.9 Å². The van der Waals surface area contributed by atoms with Crippen LogP contribution >= 0.6 is 35.6 Å². The summed E-state index contributed by atoms with van der Waals surface area (Å²) in [6.07, 6.45) is 0. The van der Waals surface area contributed by atoms with Crippen molar-refractivity contribution in [2.24, 2.45) is 4.99 Å². The van der Waals surface area contributed by atoms with Crippen molar-refractivity contribution in [2.75, 3.05) is 26.6 Å². The molecule has 0 amide bonds. The minimum atomic E-state index is -0.437. The van der Waals surface area contributed by atoms with E-state index in [0.29, 0.717) is 24.0 Å². The van der Waals surface area contributed by atoms with E-state index in [0.717, 1.165) is 11.3 Å². The van der Waals surface area contributed by atoms with Gasteiger partial charge in [-0.2, -0.15) is 0 Å². The molecule has 0 aliphatic carbocycles. The number of guanidine groups is 1. The molecule has 0 aliphatic heterocycles. The molecule has 2 aromatic rings. The standard InChI is InChI=1S/C17H19ClFN3O2.HI/c1-20-17(21-10-11-4-6-14(19)13(18)8-11)22-12-5-7-15(23-2)16(9-12)24-3;/h4-9H,10H2,1-3H3,(H2,20,21,22);1H. The molecule has 2 aromatic carbocycles. The van der Waals surface area contributed by atoms with Crippen LogP contribution in [0.3, 0.4) is 0 Å². The molecule has 0 spiro atoms. The molecule has 0 aliphatic rings. The molecule has 2 N–H and O–H groups in total. The third-order valence-electron chi connectivity index (χ3n) is 3.31. The molecule has 0 aromatic heterocycles. The van der Waals surface area contributed by atoms with Crippen LogP contribution in [0, 0.1) is 5.82 Å². The molecule has 25 heavy (non-hydrogen) atoms. The van der Waals surface area contributed by atoms with Gasteiger partial charge in [-0.15, -0.1) is 24.0 Å². The number of aliphatic imine (C=N–C) groups is 1. The minimum absolute atomic E-state index is 0. The lowest BCUT2D eigenvalue weighted by molar-refractivity contribution is 0.355. The molecular formula is C17H20ClFIN3O2. The maximum atomic E-state index is 13.2. The van der Waals surface area contributed by atoms with Crippen molar-refractivity contribution in [3.05, 3.63) is 52.8 Å². The van der Waals surface area contributed by atoms with Gasteiger partial charge in [0.2, 0.25) is 0 Å². The molecule has 0 atom stereocenters. The Hall–Kier alpha value is -1.74. The Kier molecular flexibility index (Phi) is 8.77. The third-order valence-corrected chi connectivity index (χ3v) is 3.60. The molecule has 0 bridgehead atoms. The summed E-state index contributed by atoms with van der Waals surface area (Å²) in [5.41, 5.74) is 1.63. The fraction of sp³-hybridized carbons (Fsp3) is 0.235. The molecule has 0 unspecified atom stereocenters. The number of methoxy groups -OCH3 is 2. The summed E-state index contributed by atoms with van der Waals surface area (Å²) in [6.45, 7) is 0.451. The molecule has 0 heterocycles. The number of nitrogens with one attached hydrogen (secondary N) is 2. The summed E-state index contributed by atoms with van der Waals surface area (Å²) in [4.78, 5) is 4.15. The van der Waals surface area contributed by atoms with E-state index in [9.17, 15) is 4.39 Å². The van der Waals surface area contributed by atoms with E-state index < -0.39 is 5.82 Å². The van der Waals surface area contributed by atoms with Crippen molar-refractivity contribution in [2.45, 2.75) is 6.54 Å². The predicted molar refractivity (Wildman–Crippen MR) is 110 cm³/mol. The summed E-state index contributed by atoms with van der Waals surface area (Å²) in [5.74, 6) is 1.38. The summed E-state index contributed by atoms with van der Waals surface area (Å²) in [6, 6.07) is 10.0. The number of halogens is 3. The Bertz CT molecular complexity index is 744. The molecule has 8 heteroatoms. The minimum Gasteiger partial charge on any atom is -0.493 e. The fourth-order valence-electron chi connectivity index (χ4n) is 2.07. The van der Waals surface area contributed by atoms with Crippen molar-refractivity contribution in [3.8, 4) is 11.5 Å². The smallest absolute Gasteiger partial charge is 0.195 e. The van der Waals surface area contributed by atoms with Crippen molar-refractivity contribution in [1.29, 1.82) is 0 Å². The van der Waals surface area contributed by atoms with Gasteiger partial charge < -0.3 is 20.1 Å². The van der Waals surface area contributed by atoms with E-state index in [-0.39, 0.29) is 29.0 Å². The average molecular weight is 480 g/mol. The van der Waals surface area contributed by atoms with Gasteiger partial charge in [0.25, 0.3) is 0 Å². The largest absolute Gasteiger partial charge is 0.493 e. The van der Waals surface area contributed by atoms with E-state index in [1.54, 1.807) is 45.5 Å². The maximum absolute atomic E-state index is 13.2. The van der Waals surface area contributed by atoms with E-state index in [1.807, 2.05) is 6.07 Å². The van der Waals surface area contributed by atoms with Gasteiger partial charge in [0.05, 0.1) is 19.2 Å². The predicted octanol–water partition coefficient (Wildman–Crippen LogP) is 4.30. The summed E-state index contributed by atoms with van der Waals surface area (Å²) >= 11 is 5.78. The molecule has 0 saturated heterocycles. The highest BCUT2D eigenvalue weighted by Gasteiger charge is 2.07. The Morgan fingerprint density at radius 1 is 1.12 bits per heavy atom. The monoisotopic (exact) mass is 479 g/mol. The van der Waals surface area contributed by atoms with E-state index in [4.69, 9.17) is 21.1 Å². The van der Waals surface area contributed by atoms with Gasteiger partial charge >= 0.3 is 0 Å². The van der Waals surface area contributed by atoms with Crippen LogP contribution in [0.25, 0.3) is 0 Å². The highest BCUT2D eigenvalue weighted by atomic mass is 127. The van der Waals surface area contributed by atoms with Crippen molar-refractivity contribution in [1.82, 2.24) is 5.32 Å². The number of benzene rings is 2. The van der Waals surface area contributed by atoms with Crippen LogP contribution < -0.4 is 20.1 Å². The Balaban J connectivity index is 0.00000312. The summed E-state index contributed by atoms with van der Waals surface area (Å²) in [7, 11) is 4.82. The molecule has 0 fully saturated rings. The first-order valence-electron chi connectivity index (χ1n) is 7.21. The van der Waals surface area contributed by atoms with Crippen LogP contribution in [0.1, 0.15) is 5.56 Å². The second-order valence-corrected chi connectivity index (χ2v) is 5.28. The Morgan fingerprint density at radius 2 is 1.84 bits per heavy atom. The van der Waals surface area contributed by atoms with E-state index in [1.165, 1.54) is 6.07 Å². The second kappa shape index (κ2) is 10.3. The lowest BCUT2D eigenvalue weighted by Crippen LogP contribution is -2.30. The molecule has 2 rings (SSSR count). The Labute approximate surface area is 168 Å². The van der Waals surface area contributed by atoms with Crippen molar-refractivity contribution in [3.63, 3.8) is 0 Å². The summed E-state index contributed by atoms with van der Waals surface area (Å²) in [5, 5.41) is 6.37. The van der Waals surface area contributed by atoms with Gasteiger partial charge in [-0.1, -0.05) is 17.7 Å². The van der Waals surface area contributed by atoms with Crippen LogP contribution in [0.15, 0.2) is 41.4 Å². The first kappa shape index (κ1) is 21.3. The van der Waals surface area contributed by atoms with Gasteiger partial charge in [0, 0.05) is 25.3 Å². The number of ether oxygens (including phenoxy) is 2. The number of hydrogen-bond acceptors (Lipinski definition) is 3. The average Bonchev–Trinajstić information content (AvgIpc) is 2.61. The molecule has 136 valence electrons. The zero-order chi connectivity index (χ0) is 17.5. The molecule has 0 radical (unpaired) electrons. The quantitative estimate of drug-likeness (QED) is 0.381. The van der Waals surface area contributed by atoms with E-state index >= 15 is 0 Å². The highest BCUT2D eigenvalue weighted by Crippen LogP contribution is 2.29. The number of nitrogens with zero attached hydrogens (tertiary/aromatic N) is 1. The first-order chi connectivity index (χ1) is 11.6. The molecule has 5 nitrogen and oxygen atoms in total. The zero-order valence-corrected chi connectivity index (χ0v) is 17.2. The van der Waals surface area contributed by atoms with Gasteiger partial charge in [0.15, 0.2) is 17.5 Å². The van der Waals surface area contributed by atoms with Gasteiger partial charge in [-0.3, -0.25) is 4.99 Å². The van der Waals surface area contributed by atoms with Gasteiger partial charge in [0.1, 0.15) is 5.82 Å². The topological polar surface area (TPSA) is 54.9 Å². The molecular weight excluding hydrogens is 460 g/mol. The zero-order valence-electron chi connectivity index (χ0n) is 14.1. The van der Waals surface area contributed by atoms with Crippen LogP contribution in [0.2, 0.25) is 5.02 Å². The van der Waals surface area contributed by atoms with Crippen LogP contribution in [-0.4, -0.2) is 27.2 Å². The normalized spacial score (nSPS) is 10.7. The SMILES string of the molecule is CN=C(NCc1ccc(F)c(Cl)c1)Nc1ccc(OC)c(OC)c1.I. The van der Waals surface area contributed by atoms with Gasteiger partial charge in [-0.05, 0) is 29.8 Å². The summed E-state index contributed by atoms with van der Waals surface area (Å²) < 4.78 is 23.7. The van der Waals surface area contributed by atoms with Crippen LogP contribution in [0.5, 0.6) is 11.5 Å².